The summed E-state index contributed by atoms with van der Waals surface area (Å²) in [6, 6.07) is 12.3. The van der Waals surface area contributed by atoms with E-state index in [1.165, 1.54) is 44.3 Å². The zero-order chi connectivity index (χ0) is 12.8. The Kier molecular flexibility index (Phi) is 5.21. The fraction of sp³-hybridized carbons (Fsp3) is 0.625. The number of nitrogens with one attached hydrogen (secondary N) is 1. The Morgan fingerprint density at radius 2 is 2.06 bits per heavy atom. The van der Waals surface area contributed by atoms with Crippen LogP contribution in [0.3, 0.4) is 0 Å². The lowest BCUT2D eigenvalue weighted by atomic mass is 9.98. The molecule has 1 N–H and O–H groups in total. The molecule has 2 nitrogen and oxygen atoms in total. The fourth-order valence-electron chi connectivity index (χ4n) is 2.95. The average Bonchev–Trinajstić information content (AvgIpc) is 2.42. The van der Waals surface area contributed by atoms with E-state index in [0.29, 0.717) is 0 Å². The maximum Gasteiger partial charge on any atom is 0.00910 e. The summed E-state index contributed by atoms with van der Waals surface area (Å²) in [5.74, 6) is 0. The van der Waals surface area contributed by atoms with Crippen molar-refractivity contribution in [1.29, 1.82) is 0 Å². The molecule has 1 saturated heterocycles. The molecule has 0 amide bonds. The largest absolute Gasteiger partial charge is 0.317 e. The number of piperidine rings is 1. The van der Waals surface area contributed by atoms with E-state index in [1.807, 2.05) is 0 Å². The quantitative estimate of drug-likeness (QED) is 0.859. The molecule has 2 unspecified atom stereocenters. The van der Waals surface area contributed by atoms with Crippen molar-refractivity contribution in [3.63, 3.8) is 0 Å². The van der Waals surface area contributed by atoms with E-state index < -0.39 is 0 Å². The normalized spacial score (nSPS) is 25.2. The Balaban J connectivity index is 1.71. The first-order valence-corrected chi connectivity index (χ1v) is 7.25. The van der Waals surface area contributed by atoms with Crippen molar-refractivity contribution in [1.82, 2.24) is 10.2 Å². The monoisotopic (exact) mass is 246 g/mol. The molecule has 2 rings (SSSR count). The minimum atomic E-state index is 0.727. The summed E-state index contributed by atoms with van der Waals surface area (Å²) >= 11 is 0. The summed E-state index contributed by atoms with van der Waals surface area (Å²) in [5, 5.41) is 3.41. The highest BCUT2D eigenvalue weighted by atomic mass is 15.2. The third kappa shape index (κ3) is 3.82. The van der Waals surface area contributed by atoms with E-state index >= 15 is 0 Å². The lowest BCUT2D eigenvalue weighted by Gasteiger charge is -2.37. The SMILES string of the molecule is CNC1CCN(CCCc2ccccc2)C(C)C1. The first kappa shape index (κ1) is 13.6. The van der Waals surface area contributed by atoms with Gasteiger partial charge in [-0.1, -0.05) is 30.3 Å². The van der Waals surface area contributed by atoms with Gasteiger partial charge in [0.15, 0.2) is 0 Å². The molecule has 1 fully saturated rings. The summed E-state index contributed by atoms with van der Waals surface area (Å²) in [6.45, 7) is 4.86. The Morgan fingerprint density at radius 1 is 1.28 bits per heavy atom. The summed E-state index contributed by atoms with van der Waals surface area (Å²) < 4.78 is 0. The van der Waals surface area contributed by atoms with Crippen LogP contribution in [0.15, 0.2) is 30.3 Å². The molecule has 1 heterocycles. The zero-order valence-electron chi connectivity index (χ0n) is 11.7. The van der Waals surface area contributed by atoms with Crippen LogP contribution < -0.4 is 5.32 Å². The van der Waals surface area contributed by atoms with Gasteiger partial charge in [-0.25, -0.2) is 0 Å². The molecule has 100 valence electrons. The number of nitrogens with zero attached hydrogens (tertiary/aromatic N) is 1. The molecule has 0 bridgehead atoms. The second-order valence-corrected chi connectivity index (χ2v) is 5.48. The molecular weight excluding hydrogens is 220 g/mol. The fourth-order valence-corrected chi connectivity index (χ4v) is 2.95. The van der Waals surface area contributed by atoms with E-state index in [0.717, 1.165) is 12.1 Å². The first-order chi connectivity index (χ1) is 8.79. The molecule has 0 spiro atoms. The topological polar surface area (TPSA) is 15.3 Å². The highest BCUT2D eigenvalue weighted by Crippen LogP contribution is 2.17. The van der Waals surface area contributed by atoms with Crippen molar-refractivity contribution in [2.75, 3.05) is 20.1 Å². The number of aryl methyl sites for hydroxylation is 1. The van der Waals surface area contributed by atoms with Gasteiger partial charge in [0.05, 0.1) is 0 Å². The molecule has 0 aliphatic carbocycles. The van der Waals surface area contributed by atoms with E-state index in [9.17, 15) is 0 Å². The van der Waals surface area contributed by atoms with E-state index in [1.54, 1.807) is 0 Å². The molecule has 2 heteroatoms. The molecule has 0 saturated carbocycles. The van der Waals surface area contributed by atoms with Gasteiger partial charge in [0.25, 0.3) is 0 Å². The van der Waals surface area contributed by atoms with E-state index in [2.05, 4.69) is 54.5 Å². The number of hydrogen-bond donors (Lipinski definition) is 1. The van der Waals surface area contributed by atoms with Gasteiger partial charge in [-0.2, -0.15) is 0 Å². The number of hydrogen-bond acceptors (Lipinski definition) is 2. The molecule has 18 heavy (non-hydrogen) atoms. The lowest BCUT2D eigenvalue weighted by molar-refractivity contribution is 0.137. The van der Waals surface area contributed by atoms with Crippen LogP contribution in [0.2, 0.25) is 0 Å². The average molecular weight is 246 g/mol. The van der Waals surface area contributed by atoms with E-state index in [4.69, 9.17) is 0 Å². The van der Waals surface area contributed by atoms with Crippen molar-refractivity contribution in [3.05, 3.63) is 35.9 Å². The molecule has 0 aromatic heterocycles. The van der Waals surface area contributed by atoms with E-state index in [-0.39, 0.29) is 0 Å². The van der Waals surface area contributed by atoms with Crippen LogP contribution in [0.4, 0.5) is 0 Å². The van der Waals surface area contributed by atoms with Gasteiger partial charge in [-0.05, 0) is 58.3 Å². The van der Waals surface area contributed by atoms with Crippen LogP contribution in [-0.2, 0) is 6.42 Å². The van der Waals surface area contributed by atoms with Gasteiger partial charge in [0.2, 0.25) is 0 Å². The Morgan fingerprint density at radius 3 is 2.72 bits per heavy atom. The highest BCUT2D eigenvalue weighted by molar-refractivity contribution is 5.14. The minimum Gasteiger partial charge on any atom is -0.317 e. The summed E-state index contributed by atoms with van der Waals surface area (Å²) in [6.07, 6.45) is 5.08. The van der Waals surface area contributed by atoms with Crippen molar-refractivity contribution in [3.8, 4) is 0 Å². The highest BCUT2D eigenvalue weighted by Gasteiger charge is 2.23. The van der Waals surface area contributed by atoms with Crippen molar-refractivity contribution >= 4 is 0 Å². The number of benzene rings is 1. The van der Waals surface area contributed by atoms with Gasteiger partial charge in [-0.15, -0.1) is 0 Å². The Hall–Kier alpha value is -0.860. The third-order valence-electron chi connectivity index (χ3n) is 4.18. The second kappa shape index (κ2) is 6.91. The van der Waals surface area contributed by atoms with Crippen molar-refractivity contribution in [2.45, 2.75) is 44.7 Å². The smallest absolute Gasteiger partial charge is 0.00910 e. The van der Waals surface area contributed by atoms with Crippen LogP contribution in [0, 0.1) is 0 Å². The second-order valence-electron chi connectivity index (χ2n) is 5.48. The van der Waals surface area contributed by atoms with Gasteiger partial charge in [0, 0.05) is 12.1 Å². The van der Waals surface area contributed by atoms with Gasteiger partial charge in [-0.3, -0.25) is 0 Å². The van der Waals surface area contributed by atoms with Crippen LogP contribution >= 0.6 is 0 Å². The minimum absolute atomic E-state index is 0.727. The predicted molar refractivity (Wildman–Crippen MR) is 77.9 cm³/mol. The molecule has 1 aliphatic heterocycles. The molecule has 1 aromatic rings. The van der Waals surface area contributed by atoms with Crippen LogP contribution in [-0.4, -0.2) is 37.1 Å². The summed E-state index contributed by atoms with van der Waals surface area (Å²) in [7, 11) is 2.09. The lowest BCUT2D eigenvalue weighted by Crippen LogP contribution is -2.46. The van der Waals surface area contributed by atoms with Gasteiger partial charge in [0.1, 0.15) is 0 Å². The summed E-state index contributed by atoms with van der Waals surface area (Å²) in [4.78, 5) is 2.65. The van der Waals surface area contributed by atoms with Crippen LogP contribution in [0.5, 0.6) is 0 Å². The number of rotatable bonds is 5. The predicted octanol–water partition coefficient (Wildman–Crippen LogP) is 2.69. The maximum atomic E-state index is 3.41. The molecular formula is C16H26N2. The zero-order valence-corrected chi connectivity index (χ0v) is 11.7. The Bertz CT molecular complexity index is 336. The molecule has 2 atom stereocenters. The standard InChI is InChI=1S/C16H26N2/c1-14-13-16(17-2)10-12-18(14)11-6-9-15-7-4-3-5-8-15/h3-5,7-8,14,16-17H,6,9-13H2,1-2H3. The van der Waals surface area contributed by atoms with Crippen molar-refractivity contribution < 1.29 is 0 Å². The van der Waals surface area contributed by atoms with Gasteiger partial charge < -0.3 is 10.2 Å². The molecule has 0 radical (unpaired) electrons. The van der Waals surface area contributed by atoms with Crippen LogP contribution in [0.1, 0.15) is 31.7 Å². The third-order valence-corrected chi connectivity index (χ3v) is 4.18. The van der Waals surface area contributed by atoms with Crippen LogP contribution in [0.25, 0.3) is 0 Å². The molecule has 1 aliphatic rings. The van der Waals surface area contributed by atoms with Gasteiger partial charge >= 0.3 is 0 Å². The molecule has 1 aromatic carbocycles. The summed E-state index contributed by atoms with van der Waals surface area (Å²) in [5.41, 5.74) is 1.47. The van der Waals surface area contributed by atoms with Crippen molar-refractivity contribution in [2.24, 2.45) is 0 Å². The number of likely N-dealkylation sites (tertiary alicyclic amines) is 1. The maximum absolute atomic E-state index is 3.41. The Labute approximate surface area is 111 Å². The first-order valence-electron chi connectivity index (χ1n) is 7.25.